The highest BCUT2D eigenvalue weighted by molar-refractivity contribution is 5.10. The van der Waals surface area contributed by atoms with Crippen molar-refractivity contribution in [2.45, 2.75) is 20.0 Å². The molecule has 0 radical (unpaired) electrons. The molecule has 70 valence electrons. The van der Waals surface area contributed by atoms with Crippen molar-refractivity contribution in [1.82, 2.24) is 4.98 Å². The monoisotopic (exact) mass is 182 g/mol. The minimum Gasteiger partial charge on any atom is -0.307 e. The second kappa shape index (κ2) is 4.39. The summed E-state index contributed by atoms with van der Waals surface area (Å²) < 4.78 is 0. The van der Waals surface area contributed by atoms with Crippen LogP contribution in [0.5, 0.6) is 0 Å². The first-order valence-corrected chi connectivity index (χ1v) is 3.94. The van der Waals surface area contributed by atoms with E-state index in [4.69, 9.17) is 0 Å². The van der Waals surface area contributed by atoms with Crippen LogP contribution in [0.2, 0.25) is 0 Å². The average molecular weight is 182 g/mol. The molecule has 5 nitrogen and oxygen atoms in total. The average Bonchev–Trinajstić information content (AvgIpc) is 2.15. The van der Waals surface area contributed by atoms with Crippen LogP contribution in [-0.4, -0.2) is 10.1 Å². The van der Waals surface area contributed by atoms with Crippen molar-refractivity contribution < 1.29 is 9.92 Å². The fourth-order valence-electron chi connectivity index (χ4n) is 0.925. The van der Waals surface area contributed by atoms with Crippen LogP contribution in [0, 0.1) is 10.1 Å². The lowest BCUT2D eigenvalue weighted by molar-refractivity contribution is -0.763. The lowest BCUT2D eigenvalue weighted by atomic mass is 10.2. The maximum Gasteiger partial charge on any atom is 0.294 e. The first kappa shape index (κ1) is 9.44. The maximum absolute atomic E-state index is 9.88. The second-order valence-corrected chi connectivity index (χ2v) is 2.47. The van der Waals surface area contributed by atoms with Gasteiger partial charge in [-0.05, 0) is 18.6 Å². The molecule has 5 heteroatoms. The van der Waals surface area contributed by atoms with Gasteiger partial charge in [-0.25, -0.2) is 0 Å². The molecular formula is C8H10N2O3. The smallest absolute Gasteiger partial charge is 0.294 e. The Morgan fingerprint density at radius 1 is 1.54 bits per heavy atom. The number of pyridine rings is 1. The fourth-order valence-corrected chi connectivity index (χ4v) is 0.925. The third kappa shape index (κ3) is 3.06. The largest absolute Gasteiger partial charge is 0.307 e. The van der Waals surface area contributed by atoms with Crippen molar-refractivity contribution in [3.05, 3.63) is 39.7 Å². The summed E-state index contributed by atoms with van der Waals surface area (Å²) >= 11 is 0. The number of aryl methyl sites for hydroxylation is 1. The molecule has 1 rings (SSSR count). The topological polar surface area (TPSA) is 65.3 Å². The molecule has 0 N–H and O–H groups in total. The standard InChI is InChI=1S/C8H10N2O3/c1-2-7-4-3-5-8(9-7)6-13-10(11)12/h3-5H,2,6H2,1H3. The Balaban J connectivity index is 2.61. The lowest BCUT2D eigenvalue weighted by Crippen LogP contribution is -2.03. The van der Waals surface area contributed by atoms with Crippen LogP contribution in [0.15, 0.2) is 18.2 Å². The molecule has 13 heavy (non-hydrogen) atoms. The van der Waals surface area contributed by atoms with E-state index in [0.717, 1.165) is 12.1 Å². The molecule has 0 aromatic carbocycles. The van der Waals surface area contributed by atoms with Crippen LogP contribution in [0.25, 0.3) is 0 Å². The zero-order valence-corrected chi connectivity index (χ0v) is 7.27. The van der Waals surface area contributed by atoms with E-state index in [1.165, 1.54) is 0 Å². The van der Waals surface area contributed by atoms with Gasteiger partial charge in [0.05, 0.1) is 5.69 Å². The van der Waals surface area contributed by atoms with Crippen LogP contribution >= 0.6 is 0 Å². The number of hydrogen-bond donors (Lipinski definition) is 0. The Labute approximate surface area is 75.5 Å². The predicted octanol–water partition coefficient (Wildman–Crippen LogP) is 1.35. The van der Waals surface area contributed by atoms with Crippen LogP contribution in [-0.2, 0) is 17.9 Å². The molecule has 0 atom stereocenters. The van der Waals surface area contributed by atoms with Crippen LogP contribution in [0.4, 0.5) is 0 Å². The van der Waals surface area contributed by atoms with Gasteiger partial charge in [-0.2, -0.15) is 0 Å². The van der Waals surface area contributed by atoms with Gasteiger partial charge < -0.3 is 4.84 Å². The number of hydrogen-bond acceptors (Lipinski definition) is 4. The summed E-state index contributed by atoms with van der Waals surface area (Å²) in [6.45, 7) is 1.89. The summed E-state index contributed by atoms with van der Waals surface area (Å²) in [5, 5.41) is 9.06. The van der Waals surface area contributed by atoms with E-state index in [1.807, 2.05) is 19.1 Å². The van der Waals surface area contributed by atoms with Gasteiger partial charge in [0.1, 0.15) is 6.61 Å². The quantitative estimate of drug-likeness (QED) is 0.520. The summed E-state index contributed by atoms with van der Waals surface area (Å²) in [7, 11) is 0. The van der Waals surface area contributed by atoms with Gasteiger partial charge >= 0.3 is 0 Å². The molecular weight excluding hydrogens is 172 g/mol. The normalized spacial score (nSPS) is 9.62. The predicted molar refractivity (Wildman–Crippen MR) is 45.4 cm³/mol. The molecule has 1 aromatic rings. The molecule has 1 heterocycles. The molecule has 0 saturated carbocycles. The molecule has 0 aliphatic rings. The number of aromatic nitrogens is 1. The first-order chi connectivity index (χ1) is 6.22. The lowest BCUT2D eigenvalue weighted by Gasteiger charge is -2.00. The van der Waals surface area contributed by atoms with Crippen molar-refractivity contribution >= 4 is 0 Å². The van der Waals surface area contributed by atoms with Crippen LogP contribution in [0.3, 0.4) is 0 Å². The van der Waals surface area contributed by atoms with Crippen molar-refractivity contribution in [3.63, 3.8) is 0 Å². The maximum atomic E-state index is 9.88. The summed E-state index contributed by atoms with van der Waals surface area (Å²) in [6, 6.07) is 5.38. The Morgan fingerprint density at radius 3 is 2.85 bits per heavy atom. The minimum atomic E-state index is -0.819. The zero-order chi connectivity index (χ0) is 9.68. The molecule has 0 spiro atoms. The highest BCUT2D eigenvalue weighted by atomic mass is 16.9. The molecule has 0 unspecified atom stereocenters. The van der Waals surface area contributed by atoms with Gasteiger partial charge in [0.25, 0.3) is 5.09 Å². The number of nitrogens with zero attached hydrogens (tertiary/aromatic N) is 2. The first-order valence-electron chi connectivity index (χ1n) is 3.94. The van der Waals surface area contributed by atoms with E-state index in [-0.39, 0.29) is 6.61 Å². The van der Waals surface area contributed by atoms with Gasteiger partial charge in [-0.15, -0.1) is 10.1 Å². The highest BCUT2D eigenvalue weighted by Gasteiger charge is 1.99. The zero-order valence-electron chi connectivity index (χ0n) is 7.27. The summed E-state index contributed by atoms with van der Waals surface area (Å²) in [6.07, 6.45) is 0.812. The van der Waals surface area contributed by atoms with Crippen molar-refractivity contribution in [3.8, 4) is 0 Å². The molecule has 0 aliphatic heterocycles. The van der Waals surface area contributed by atoms with Gasteiger partial charge in [0, 0.05) is 5.69 Å². The minimum absolute atomic E-state index is 0.0825. The van der Waals surface area contributed by atoms with Crippen LogP contribution in [0.1, 0.15) is 18.3 Å². The van der Waals surface area contributed by atoms with E-state index in [2.05, 4.69) is 9.82 Å². The summed E-state index contributed by atoms with van der Waals surface area (Å²) in [5.74, 6) is 0. The third-order valence-corrected chi connectivity index (χ3v) is 1.54. The molecule has 1 aromatic heterocycles. The molecule has 0 fully saturated rings. The van der Waals surface area contributed by atoms with Gasteiger partial charge in [-0.3, -0.25) is 4.98 Å². The van der Waals surface area contributed by atoms with E-state index in [9.17, 15) is 10.1 Å². The SMILES string of the molecule is CCc1cccc(CO[N+](=O)[O-])n1. The van der Waals surface area contributed by atoms with Gasteiger partial charge in [-0.1, -0.05) is 13.0 Å². The Morgan fingerprint density at radius 2 is 2.23 bits per heavy atom. The number of rotatable bonds is 4. The Bertz CT molecular complexity index is 301. The summed E-state index contributed by atoms with van der Waals surface area (Å²) in [5.41, 5.74) is 1.49. The van der Waals surface area contributed by atoms with E-state index in [1.54, 1.807) is 6.07 Å². The third-order valence-electron chi connectivity index (χ3n) is 1.54. The second-order valence-electron chi connectivity index (χ2n) is 2.47. The fraction of sp³-hybridized carbons (Fsp3) is 0.375. The Kier molecular flexibility index (Phi) is 3.19. The van der Waals surface area contributed by atoms with Crippen LogP contribution < -0.4 is 0 Å². The van der Waals surface area contributed by atoms with Crippen molar-refractivity contribution in [2.24, 2.45) is 0 Å². The van der Waals surface area contributed by atoms with Crippen molar-refractivity contribution in [2.75, 3.05) is 0 Å². The molecule has 0 amide bonds. The highest BCUT2D eigenvalue weighted by Crippen LogP contribution is 2.01. The molecule has 0 aliphatic carbocycles. The van der Waals surface area contributed by atoms with Gasteiger partial charge in [0.15, 0.2) is 0 Å². The van der Waals surface area contributed by atoms with E-state index < -0.39 is 5.09 Å². The van der Waals surface area contributed by atoms with Crippen molar-refractivity contribution in [1.29, 1.82) is 0 Å². The summed E-state index contributed by atoms with van der Waals surface area (Å²) in [4.78, 5) is 18.2. The molecule has 0 saturated heterocycles. The van der Waals surface area contributed by atoms with Gasteiger partial charge in [0.2, 0.25) is 0 Å². The molecule has 0 bridgehead atoms. The Hall–Kier alpha value is -1.65. The van der Waals surface area contributed by atoms with E-state index in [0.29, 0.717) is 5.69 Å². The van der Waals surface area contributed by atoms with E-state index >= 15 is 0 Å².